The van der Waals surface area contributed by atoms with Crippen LogP contribution in [0.15, 0.2) is 53.9 Å². The normalized spacial score (nSPS) is 13.7. The van der Waals surface area contributed by atoms with Crippen molar-refractivity contribution in [2.45, 2.75) is 45.1 Å². The Morgan fingerprint density at radius 2 is 1.75 bits per heavy atom. The summed E-state index contributed by atoms with van der Waals surface area (Å²) in [5.74, 6) is -0.0545. The molecule has 2 aromatic carbocycles. The molecule has 0 bridgehead atoms. The van der Waals surface area contributed by atoms with Gasteiger partial charge in [-0.1, -0.05) is 42.7 Å². The van der Waals surface area contributed by atoms with Crippen LogP contribution in [0.4, 0.5) is 10.5 Å². The van der Waals surface area contributed by atoms with Crippen LogP contribution in [0, 0.1) is 6.92 Å². The number of aromatic nitrogens is 1. The topological polar surface area (TPSA) is 83.1 Å². The van der Waals surface area contributed by atoms with Gasteiger partial charge in [0.2, 0.25) is 0 Å². The van der Waals surface area contributed by atoms with Crippen LogP contribution < -0.4 is 16.0 Å². The minimum absolute atomic E-state index is 0.0545. The zero-order valence-corrected chi connectivity index (χ0v) is 19.0. The first-order valence-corrected chi connectivity index (χ1v) is 11.9. The fraction of sp³-hybridized carbons (Fsp3) is 0.320. The van der Waals surface area contributed by atoms with Crippen molar-refractivity contribution in [3.05, 3.63) is 70.7 Å². The van der Waals surface area contributed by atoms with Gasteiger partial charge in [0.05, 0.1) is 5.69 Å². The standard InChI is InChI=1S/C25H28N4O2S/c1-17-6-8-19(9-7-17)24-28-22(16-32-24)14-15-26-25(31)29-21-12-10-18(11-13-21)23(30)27-20-4-2-3-5-20/h6-13,16,20H,2-5,14-15H2,1H3,(H,27,30)(H2,26,29,31). The second-order valence-corrected chi connectivity index (χ2v) is 9.03. The van der Waals surface area contributed by atoms with E-state index >= 15 is 0 Å². The van der Waals surface area contributed by atoms with Crippen LogP contribution in [0.3, 0.4) is 0 Å². The number of nitrogens with one attached hydrogen (secondary N) is 3. The van der Waals surface area contributed by atoms with Crippen molar-refractivity contribution in [3.63, 3.8) is 0 Å². The van der Waals surface area contributed by atoms with Gasteiger partial charge in [-0.3, -0.25) is 4.79 Å². The van der Waals surface area contributed by atoms with Crippen LogP contribution in [0.5, 0.6) is 0 Å². The summed E-state index contributed by atoms with van der Waals surface area (Å²) >= 11 is 1.61. The largest absolute Gasteiger partial charge is 0.349 e. The summed E-state index contributed by atoms with van der Waals surface area (Å²) in [6.45, 7) is 2.56. The van der Waals surface area contributed by atoms with Crippen molar-refractivity contribution < 1.29 is 9.59 Å². The van der Waals surface area contributed by atoms with Crippen LogP contribution in [0.2, 0.25) is 0 Å². The third-order valence-corrected chi connectivity index (χ3v) is 6.55. The van der Waals surface area contributed by atoms with Gasteiger partial charge >= 0.3 is 6.03 Å². The number of benzene rings is 2. The highest BCUT2D eigenvalue weighted by Gasteiger charge is 2.17. The monoisotopic (exact) mass is 448 g/mol. The van der Waals surface area contributed by atoms with Gasteiger partial charge in [-0.15, -0.1) is 11.3 Å². The molecule has 0 radical (unpaired) electrons. The Labute approximate surface area is 192 Å². The number of anilines is 1. The summed E-state index contributed by atoms with van der Waals surface area (Å²) in [6.07, 6.45) is 5.13. The molecule has 0 aliphatic heterocycles. The highest BCUT2D eigenvalue weighted by molar-refractivity contribution is 7.13. The molecule has 0 atom stereocenters. The van der Waals surface area contributed by atoms with Crippen LogP contribution in [-0.4, -0.2) is 29.5 Å². The van der Waals surface area contributed by atoms with Crippen molar-refractivity contribution in [2.75, 3.05) is 11.9 Å². The average Bonchev–Trinajstić information content (AvgIpc) is 3.47. The summed E-state index contributed by atoms with van der Waals surface area (Å²) < 4.78 is 0. The Hall–Kier alpha value is -3.19. The van der Waals surface area contributed by atoms with E-state index in [4.69, 9.17) is 0 Å². The van der Waals surface area contributed by atoms with E-state index in [2.05, 4.69) is 52.1 Å². The number of hydrogen-bond donors (Lipinski definition) is 3. The van der Waals surface area contributed by atoms with Crippen molar-refractivity contribution in [3.8, 4) is 10.6 Å². The lowest BCUT2D eigenvalue weighted by molar-refractivity contribution is 0.0938. The maximum atomic E-state index is 12.3. The van der Waals surface area contributed by atoms with Crippen LogP contribution in [0.25, 0.3) is 10.6 Å². The predicted octanol–water partition coefficient (Wildman–Crippen LogP) is 5.16. The van der Waals surface area contributed by atoms with Crippen molar-refractivity contribution >= 4 is 29.0 Å². The number of amides is 3. The number of urea groups is 1. The van der Waals surface area contributed by atoms with E-state index in [1.807, 2.05) is 5.38 Å². The molecule has 0 saturated heterocycles. The molecule has 0 spiro atoms. The Morgan fingerprint density at radius 1 is 1.03 bits per heavy atom. The zero-order chi connectivity index (χ0) is 22.3. The number of carbonyl (C=O) groups is 2. The van der Waals surface area contributed by atoms with Gasteiger partial charge in [0.1, 0.15) is 5.01 Å². The van der Waals surface area contributed by atoms with Crippen LogP contribution in [-0.2, 0) is 6.42 Å². The summed E-state index contributed by atoms with van der Waals surface area (Å²) in [5, 5.41) is 11.8. The van der Waals surface area contributed by atoms with E-state index in [1.165, 1.54) is 18.4 Å². The molecule has 1 saturated carbocycles. The number of carbonyl (C=O) groups excluding carboxylic acids is 2. The zero-order valence-electron chi connectivity index (χ0n) is 18.2. The molecule has 6 nitrogen and oxygen atoms in total. The van der Waals surface area contributed by atoms with Crippen molar-refractivity contribution in [1.29, 1.82) is 0 Å². The van der Waals surface area contributed by atoms with Gasteiger partial charge < -0.3 is 16.0 Å². The Kier molecular flexibility index (Phi) is 7.17. The summed E-state index contributed by atoms with van der Waals surface area (Å²) in [7, 11) is 0. The van der Waals surface area contributed by atoms with E-state index in [0.717, 1.165) is 29.1 Å². The lowest BCUT2D eigenvalue weighted by atomic mass is 10.1. The molecule has 1 aliphatic carbocycles. The van der Waals surface area contributed by atoms with Gasteiger partial charge in [0.15, 0.2) is 0 Å². The third kappa shape index (κ3) is 5.95. The average molecular weight is 449 g/mol. The lowest BCUT2D eigenvalue weighted by Gasteiger charge is -2.12. The van der Waals surface area contributed by atoms with Crippen molar-refractivity contribution in [2.24, 2.45) is 0 Å². The molecule has 32 heavy (non-hydrogen) atoms. The lowest BCUT2D eigenvalue weighted by Crippen LogP contribution is -2.32. The smallest absolute Gasteiger partial charge is 0.319 e. The van der Waals surface area contributed by atoms with Gasteiger partial charge in [-0.05, 0) is 44.0 Å². The second kappa shape index (κ2) is 10.4. The van der Waals surface area contributed by atoms with Gasteiger partial charge in [0.25, 0.3) is 5.91 Å². The van der Waals surface area contributed by atoms with Gasteiger partial charge in [0, 0.05) is 41.2 Å². The fourth-order valence-electron chi connectivity index (χ4n) is 3.77. The molecular formula is C25H28N4O2S. The van der Waals surface area contributed by atoms with E-state index in [-0.39, 0.29) is 18.0 Å². The molecule has 7 heteroatoms. The first-order valence-electron chi connectivity index (χ1n) is 11.0. The van der Waals surface area contributed by atoms with Crippen LogP contribution >= 0.6 is 11.3 Å². The quantitative estimate of drug-likeness (QED) is 0.467. The van der Waals surface area contributed by atoms with E-state index in [1.54, 1.807) is 35.6 Å². The molecule has 3 N–H and O–H groups in total. The fourth-order valence-corrected chi connectivity index (χ4v) is 4.63. The molecular weight excluding hydrogens is 420 g/mol. The number of hydrogen-bond acceptors (Lipinski definition) is 4. The molecule has 1 aliphatic rings. The highest BCUT2D eigenvalue weighted by Crippen LogP contribution is 2.24. The van der Waals surface area contributed by atoms with E-state index in [0.29, 0.717) is 24.2 Å². The molecule has 4 rings (SSSR count). The maximum absolute atomic E-state index is 12.3. The first-order chi connectivity index (χ1) is 15.6. The third-order valence-electron chi connectivity index (χ3n) is 5.61. The summed E-state index contributed by atoms with van der Waals surface area (Å²) in [5.41, 5.74) is 4.55. The maximum Gasteiger partial charge on any atom is 0.319 e. The molecule has 0 unspecified atom stereocenters. The second-order valence-electron chi connectivity index (χ2n) is 8.17. The molecule has 166 valence electrons. The number of rotatable bonds is 7. The SMILES string of the molecule is Cc1ccc(-c2nc(CCNC(=O)Nc3ccc(C(=O)NC4CCCC4)cc3)cs2)cc1. The summed E-state index contributed by atoms with van der Waals surface area (Å²) in [4.78, 5) is 29.2. The highest BCUT2D eigenvalue weighted by atomic mass is 32.1. The van der Waals surface area contributed by atoms with Crippen molar-refractivity contribution in [1.82, 2.24) is 15.6 Å². The first kappa shape index (κ1) is 22.0. The van der Waals surface area contributed by atoms with Crippen LogP contribution in [0.1, 0.15) is 47.3 Å². The number of nitrogens with zero attached hydrogens (tertiary/aromatic N) is 1. The summed E-state index contributed by atoms with van der Waals surface area (Å²) in [6, 6.07) is 15.3. The number of aryl methyl sites for hydroxylation is 1. The molecule has 3 aromatic rings. The number of thiazole rings is 1. The molecule has 3 amide bonds. The Morgan fingerprint density at radius 3 is 2.47 bits per heavy atom. The van der Waals surface area contributed by atoms with Gasteiger partial charge in [-0.25, -0.2) is 9.78 Å². The Bertz CT molecular complexity index is 1050. The molecule has 1 fully saturated rings. The predicted molar refractivity (Wildman–Crippen MR) is 129 cm³/mol. The Balaban J connectivity index is 1.21. The minimum Gasteiger partial charge on any atom is -0.349 e. The molecule has 1 heterocycles. The molecule has 1 aromatic heterocycles. The van der Waals surface area contributed by atoms with Gasteiger partial charge in [-0.2, -0.15) is 0 Å². The van der Waals surface area contributed by atoms with E-state index < -0.39 is 0 Å². The minimum atomic E-state index is -0.276. The van der Waals surface area contributed by atoms with E-state index in [9.17, 15) is 9.59 Å².